The number of aromatic nitrogens is 1. The molecule has 1 aliphatic rings. The molecule has 4 heteroatoms. The highest BCUT2D eigenvalue weighted by Gasteiger charge is 2.13. The van der Waals surface area contributed by atoms with Crippen LogP contribution in [0.15, 0.2) is 24.3 Å². The lowest BCUT2D eigenvalue weighted by Crippen LogP contribution is -2.43. The number of nitrogens with two attached hydrogens (primary N) is 1. The van der Waals surface area contributed by atoms with Crippen molar-refractivity contribution in [2.24, 2.45) is 7.05 Å². The first-order valence-electron chi connectivity index (χ1n) is 6.51. The van der Waals surface area contributed by atoms with Gasteiger partial charge in [-0.3, -0.25) is 4.90 Å². The Labute approximate surface area is 107 Å². The Morgan fingerprint density at radius 2 is 2.00 bits per heavy atom. The third-order valence-electron chi connectivity index (χ3n) is 3.76. The van der Waals surface area contributed by atoms with E-state index in [0.29, 0.717) is 0 Å². The Kier molecular flexibility index (Phi) is 2.97. The first-order chi connectivity index (χ1) is 8.74. The van der Waals surface area contributed by atoms with Crippen molar-refractivity contribution in [2.75, 3.05) is 31.9 Å². The molecule has 96 valence electrons. The van der Waals surface area contributed by atoms with Crippen LogP contribution in [0.1, 0.15) is 5.69 Å². The van der Waals surface area contributed by atoms with Crippen molar-refractivity contribution in [1.29, 1.82) is 0 Å². The molecule has 3 N–H and O–H groups in total. The first kappa shape index (κ1) is 11.6. The maximum Gasteiger partial charge on any atom is 0.0481 e. The SMILES string of the molecule is Cn1c(CN2CCNCC2)cc2cc(N)ccc21. The Balaban J connectivity index is 1.89. The average Bonchev–Trinajstić information content (AvgIpc) is 2.67. The molecular weight excluding hydrogens is 224 g/mol. The van der Waals surface area contributed by atoms with E-state index in [9.17, 15) is 0 Å². The molecule has 0 spiro atoms. The van der Waals surface area contributed by atoms with Gasteiger partial charge in [0, 0.05) is 62.1 Å². The quantitative estimate of drug-likeness (QED) is 0.779. The van der Waals surface area contributed by atoms with E-state index in [1.807, 2.05) is 6.07 Å². The number of nitrogens with zero attached hydrogens (tertiary/aromatic N) is 2. The Morgan fingerprint density at radius 3 is 2.78 bits per heavy atom. The Hall–Kier alpha value is -1.52. The van der Waals surface area contributed by atoms with Crippen LogP contribution in [-0.4, -0.2) is 35.6 Å². The minimum Gasteiger partial charge on any atom is -0.399 e. The van der Waals surface area contributed by atoms with E-state index < -0.39 is 0 Å². The van der Waals surface area contributed by atoms with Gasteiger partial charge in [-0.2, -0.15) is 0 Å². The van der Waals surface area contributed by atoms with Gasteiger partial charge < -0.3 is 15.6 Å². The summed E-state index contributed by atoms with van der Waals surface area (Å²) in [6, 6.07) is 8.38. The second kappa shape index (κ2) is 4.63. The largest absolute Gasteiger partial charge is 0.399 e. The fraction of sp³-hybridized carbons (Fsp3) is 0.429. The maximum absolute atomic E-state index is 5.84. The predicted molar refractivity (Wildman–Crippen MR) is 75.5 cm³/mol. The van der Waals surface area contributed by atoms with Gasteiger partial charge in [0.1, 0.15) is 0 Å². The van der Waals surface area contributed by atoms with Crippen LogP contribution in [0.2, 0.25) is 0 Å². The fourth-order valence-corrected chi connectivity index (χ4v) is 2.68. The predicted octanol–water partition coefficient (Wildman–Crippen LogP) is 1.17. The summed E-state index contributed by atoms with van der Waals surface area (Å²) >= 11 is 0. The maximum atomic E-state index is 5.84. The van der Waals surface area contributed by atoms with E-state index in [1.165, 1.54) is 16.6 Å². The molecule has 2 aromatic rings. The highest BCUT2D eigenvalue weighted by atomic mass is 15.2. The van der Waals surface area contributed by atoms with Gasteiger partial charge >= 0.3 is 0 Å². The van der Waals surface area contributed by atoms with Crippen molar-refractivity contribution >= 4 is 16.6 Å². The number of hydrogen-bond donors (Lipinski definition) is 2. The van der Waals surface area contributed by atoms with Crippen LogP contribution in [0.3, 0.4) is 0 Å². The third-order valence-corrected chi connectivity index (χ3v) is 3.76. The third kappa shape index (κ3) is 2.09. The summed E-state index contributed by atoms with van der Waals surface area (Å²) in [7, 11) is 2.13. The zero-order valence-electron chi connectivity index (χ0n) is 10.8. The van der Waals surface area contributed by atoms with Gasteiger partial charge in [-0.05, 0) is 24.3 Å². The normalized spacial score (nSPS) is 17.4. The van der Waals surface area contributed by atoms with Gasteiger partial charge in [0.15, 0.2) is 0 Å². The fourth-order valence-electron chi connectivity index (χ4n) is 2.68. The number of anilines is 1. The van der Waals surface area contributed by atoms with Crippen molar-refractivity contribution in [3.63, 3.8) is 0 Å². The van der Waals surface area contributed by atoms with Crippen molar-refractivity contribution in [3.8, 4) is 0 Å². The van der Waals surface area contributed by atoms with Gasteiger partial charge in [0.05, 0.1) is 0 Å². The smallest absolute Gasteiger partial charge is 0.0481 e. The molecule has 2 heterocycles. The van der Waals surface area contributed by atoms with Crippen LogP contribution >= 0.6 is 0 Å². The molecule has 18 heavy (non-hydrogen) atoms. The van der Waals surface area contributed by atoms with Gasteiger partial charge in [-0.25, -0.2) is 0 Å². The molecule has 0 atom stereocenters. The molecule has 1 aromatic heterocycles. The molecule has 1 aromatic carbocycles. The van der Waals surface area contributed by atoms with E-state index in [-0.39, 0.29) is 0 Å². The minimum absolute atomic E-state index is 0.835. The molecule has 0 bridgehead atoms. The second-order valence-electron chi connectivity index (χ2n) is 5.04. The van der Waals surface area contributed by atoms with Crippen LogP contribution in [0.25, 0.3) is 10.9 Å². The summed E-state index contributed by atoms with van der Waals surface area (Å²) in [5.41, 5.74) is 9.29. The molecule has 0 unspecified atom stereocenters. The van der Waals surface area contributed by atoms with Gasteiger partial charge in [0.2, 0.25) is 0 Å². The number of nitrogen functional groups attached to an aromatic ring is 1. The number of aryl methyl sites for hydroxylation is 1. The number of rotatable bonds is 2. The molecule has 0 amide bonds. The van der Waals surface area contributed by atoms with E-state index >= 15 is 0 Å². The van der Waals surface area contributed by atoms with Crippen molar-refractivity contribution < 1.29 is 0 Å². The Bertz CT molecular complexity index is 552. The summed E-state index contributed by atoms with van der Waals surface area (Å²) in [6.07, 6.45) is 0. The van der Waals surface area contributed by atoms with Crippen molar-refractivity contribution in [3.05, 3.63) is 30.0 Å². The number of piperazine rings is 1. The molecule has 1 fully saturated rings. The average molecular weight is 244 g/mol. The van der Waals surface area contributed by atoms with E-state index in [2.05, 4.69) is 40.0 Å². The van der Waals surface area contributed by atoms with Gasteiger partial charge in [0.25, 0.3) is 0 Å². The second-order valence-corrected chi connectivity index (χ2v) is 5.04. The summed E-state index contributed by atoms with van der Waals surface area (Å²) in [4.78, 5) is 2.49. The van der Waals surface area contributed by atoms with Crippen LogP contribution < -0.4 is 11.1 Å². The highest BCUT2D eigenvalue weighted by molar-refractivity contribution is 5.84. The van der Waals surface area contributed by atoms with Crippen molar-refractivity contribution in [1.82, 2.24) is 14.8 Å². The zero-order chi connectivity index (χ0) is 12.5. The lowest BCUT2D eigenvalue weighted by Gasteiger charge is -2.27. The summed E-state index contributed by atoms with van der Waals surface area (Å²) < 4.78 is 2.27. The van der Waals surface area contributed by atoms with Gasteiger partial charge in [-0.1, -0.05) is 0 Å². The lowest BCUT2D eigenvalue weighted by molar-refractivity contribution is 0.229. The minimum atomic E-state index is 0.835. The van der Waals surface area contributed by atoms with Gasteiger partial charge in [-0.15, -0.1) is 0 Å². The van der Waals surface area contributed by atoms with Crippen LogP contribution in [0.5, 0.6) is 0 Å². The zero-order valence-corrected chi connectivity index (χ0v) is 10.8. The van der Waals surface area contributed by atoms with Crippen LogP contribution in [0, 0.1) is 0 Å². The monoisotopic (exact) mass is 244 g/mol. The van der Waals surface area contributed by atoms with E-state index in [1.54, 1.807) is 0 Å². The summed E-state index contributed by atoms with van der Waals surface area (Å²) in [5, 5.41) is 4.62. The number of fused-ring (bicyclic) bond motifs is 1. The summed E-state index contributed by atoms with van der Waals surface area (Å²) in [6.45, 7) is 5.47. The standard InChI is InChI=1S/C14H20N4/c1-17-13(10-18-6-4-16-5-7-18)9-11-8-12(15)2-3-14(11)17/h2-3,8-9,16H,4-7,10,15H2,1H3. The molecule has 0 radical (unpaired) electrons. The molecular formula is C14H20N4. The highest BCUT2D eigenvalue weighted by Crippen LogP contribution is 2.22. The molecule has 1 aliphatic heterocycles. The number of nitrogens with one attached hydrogen (secondary N) is 1. The summed E-state index contributed by atoms with van der Waals surface area (Å²) in [5.74, 6) is 0. The van der Waals surface area contributed by atoms with E-state index in [4.69, 9.17) is 5.73 Å². The molecule has 0 saturated carbocycles. The molecule has 3 rings (SSSR count). The lowest BCUT2D eigenvalue weighted by atomic mass is 10.2. The van der Waals surface area contributed by atoms with Crippen LogP contribution in [-0.2, 0) is 13.6 Å². The van der Waals surface area contributed by atoms with E-state index in [0.717, 1.165) is 38.4 Å². The topological polar surface area (TPSA) is 46.2 Å². The number of hydrogen-bond acceptors (Lipinski definition) is 3. The Morgan fingerprint density at radius 1 is 1.22 bits per heavy atom. The van der Waals surface area contributed by atoms with Crippen LogP contribution in [0.4, 0.5) is 5.69 Å². The molecule has 4 nitrogen and oxygen atoms in total. The first-order valence-corrected chi connectivity index (χ1v) is 6.51. The number of benzene rings is 1. The molecule has 0 aliphatic carbocycles. The molecule has 1 saturated heterocycles. The van der Waals surface area contributed by atoms with Crippen molar-refractivity contribution in [2.45, 2.75) is 6.54 Å².